The second-order valence-electron chi connectivity index (χ2n) is 6.67. The van der Waals surface area contributed by atoms with Crippen molar-refractivity contribution in [1.82, 2.24) is 24.7 Å². The Morgan fingerprint density at radius 2 is 1.96 bits per heavy atom. The van der Waals surface area contributed by atoms with Crippen molar-refractivity contribution in [3.8, 4) is 16.9 Å². The normalized spacial score (nSPS) is 14.8. The molecule has 0 bridgehead atoms. The van der Waals surface area contributed by atoms with Crippen molar-refractivity contribution in [2.75, 3.05) is 31.2 Å². The highest BCUT2D eigenvalue weighted by atomic mass is 16.5. The standard InChI is InChI=1S/C20H20N6O/c1-14-2-5-21-13-17(14)16-12-19(25-8-10-27-11-9-25)23-20-15(16)4-7-26(20)18-3-6-22-24-18/h2-7,12-13H,8-11H2,1H3,(H,22,24). The Balaban J connectivity index is 1.76. The molecule has 0 radical (unpaired) electrons. The number of hydrogen-bond donors (Lipinski definition) is 1. The van der Waals surface area contributed by atoms with E-state index in [1.165, 1.54) is 5.56 Å². The molecule has 7 nitrogen and oxygen atoms in total. The van der Waals surface area contributed by atoms with Gasteiger partial charge < -0.3 is 9.64 Å². The summed E-state index contributed by atoms with van der Waals surface area (Å²) >= 11 is 0. The summed E-state index contributed by atoms with van der Waals surface area (Å²) in [6.07, 6.45) is 7.60. The molecule has 27 heavy (non-hydrogen) atoms. The van der Waals surface area contributed by atoms with Crippen molar-refractivity contribution >= 4 is 16.9 Å². The number of nitrogens with one attached hydrogen (secondary N) is 1. The minimum absolute atomic E-state index is 0.724. The van der Waals surface area contributed by atoms with Crippen LogP contribution in [0.3, 0.4) is 0 Å². The van der Waals surface area contributed by atoms with Crippen LogP contribution in [0.4, 0.5) is 5.82 Å². The molecule has 0 spiro atoms. The van der Waals surface area contributed by atoms with E-state index in [2.05, 4.69) is 39.1 Å². The summed E-state index contributed by atoms with van der Waals surface area (Å²) in [4.78, 5) is 11.6. The van der Waals surface area contributed by atoms with E-state index in [9.17, 15) is 0 Å². The summed E-state index contributed by atoms with van der Waals surface area (Å²) in [7, 11) is 0. The van der Waals surface area contributed by atoms with E-state index in [4.69, 9.17) is 9.72 Å². The average Bonchev–Trinajstić information content (AvgIpc) is 3.38. The van der Waals surface area contributed by atoms with Crippen LogP contribution in [-0.4, -0.2) is 51.0 Å². The van der Waals surface area contributed by atoms with Gasteiger partial charge in [-0.3, -0.25) is 14.6 Å². The van der Waals surface area contributed by atoms with Crippen LogP contribution < -0.4 is 4.90 Å². The third-order valence-corrected chi connectivity index (χ3v) is 5.04. The van der Waals surface area contributed by atoms with Gasteiger partial charge in [0.25, 0.3) is 0 Å². The fourth-order valence-corrected chi connectivity index (χ4v) is 3.59. The van der Waals surface area contributed by atoms with Crippen molar-refractivity contribution in [3.63, 3.8) is 0 Å². The molecular weight excluding hydrogens is 340 g/mol. The lowest BCUT2D eigenvalue weighted by Crippen LogP contribution is -2.36. The van der Waals surface area contributed by atoms with Crippen LogP contribution in [0.5, 0.6) is 0 Å². The molecule has 5 rings (SSSR count). The minimum Gasteiger partial charge on any atom is -0.378 e. The zero-order valence-corrected chi connectivity index (χ0v) is 15.1. The van der Waals surface area contributed by atoms with Crippen LogP contribution in [0, 0.1) is 6.92 Å². The lowest BCUT2D eigenvalue weighted by molar-refractivity contribution is 0.122. The van der Waals surface area contributed by atoms with Crippen molar-refractivity contribution in [3.05, 3.63) is 54.6 Å². The van der Waals surface area contributed by atoms with Gasteiger partial charge in [0.2, 0.25) is 0 Å². The third kappa shape index (κ3) is 2.76. The molecule has 4 aromatic heterocycles. The number of fused-ring (bicyclic) bond motifs is 1. The Bertz CT molecular complexity index is 1080. The Labute approximate surface area is 156 Å². The smallest absolute Gasteiger partial charge is 0.160 e. The number of aromatic amines is 1. The molecule has 4 aromatic rings. The van der Waals surface area contributed by atoms with Crippen molar-refractivity contribution in [2.45, 2.75) is 6.92 Å². The quantitative estimate of drug-likeness (QED) is 0.608. The first-order valence-electron chi connectivity index (χ1n) is 9.07. The monoisotopic (exact) mass is 360 g/mol. The van der Waals surface area contributed by atoms with Gasteiger partial charge in [-0.2, -0.15) is 5.10 Å². The molecule has 1 aliphatic heterocycles. The van der Waals surface area contributed by atoms with E-state index >= 15 is 0 Å². The van der Waals surface area contributed by atoms with Gasteiger partial charge in [-0.1, -0.05) is 0 Å². The first-order chi connectivity index (χ1) is 13.3. The third-order valence-electron chi connectivity index (χ3n) is 5.04. The molecule has 0 aliphatic carbocycles. The van der Waals surface area contributed by atoms with Gasteiger partial charge in [0.1, 0.15) is 11.5 Å². The van der Waals surface area contributed by atoms with E-state index in [1.807, 2.05) is 41.5 Å². The van der Waals surface area contributed by atoms with Crippen LogP contribution >= 0.6 is 0 Å². The zero-order chi connectivity index (χ0) is 18.2. The maximum Gasteiger partial charge on any atom is 0.160 e. The van der Waals surface area contributed by atoms with Gasteiger partial charge in [0.05, 0.1) is 13.2 Å². The van der Waals surface area contributed by atoms with E-state index in [1.54, 1.807) is 0 Å². The summed E-state index contributed by atoms with van der Waals surface area (Å²) in [6, 6.07) is 8.26. The molecule has 0 saturated carbocycles. The van der Waals surface area contributed by atoms with Crippen LogP contribution in [0.1, 0.15) is 5.56 Å². The maximum atomic E-state index is 5.51. The van der Waals surface area contributed by atoms with Gasteiger partial charge in [-0.05, 0) is 36.2 Å². The van der Waals surface area contributed by atoms with E-state index in [-0.39, 0.29) is 0 Å². The molecule has 5 heterocycles. The zero-order valence-electron chi connectivity index (χ0n) is 15.1. The minimum atomic E-state index is 0.724. The van der Waals surface area contributed by atoms with Crippen LogP contribution in [-0.2, 0) is 4.74 Å². The number of morpholine rings is 1. The number of nitrogens with zero attached hydrogens (tertiary/aromatic N) is 5. The number of ether oxygens (including phenoxy) is 1. The van der Waals surface area contributed by atoms with E-state index < -0.39 is 0 Å². The van der Waals surface area contributed by atoms with Crippen LogP contribution in [0.15, 0.2) is 49.1 Å². The first-order valence-corrected chi connectivity index (χ1v) is 9.07. The predicted octanol–water partition coefficient (Wildman–Crippen LogP) is 2.96. The summed E-state index contributed by atoms with van der Waals surface area (Å²) in [5.74, 6) is 1.78. The Hall–Kier alpha value is -3.19. The summed E-state index contributed by atoms with van der Waals surface area (Å²) < 4.78 is 7.53. The van der Waals surface area contributed by atoms with Gasteiger partial charge in [0.15, 0.2) is 5.82 Å². The highest BCUT2D eigenvalue weighted by molar-refractivity contribution is 5.96. The molecule has 7 heteroatoms. The molecule has 1 fully saturated rings. The highest BCUT2D eigenvalue weighted by Gasteiger charge is 2.19. The predicted molar refractivity (Wildman–Crippen MR) is 104 cm³/mol. The number of hydrogen-bond acceptors (Lipinski definition) is 5. The Morgan fingerprint density at radius 1 is 1.07 bits per heavy atom. The summed E-state index contributed by atoms with van der Waals surface area (Å²) in [5, 5.41) is 8.29. The van der Waals surface area contributed by atoms with E-state index in [0.29, 0.717) is 0 Å². The molecule has 1 N–H and O–H groups in total. The Kier molecular flexibility index (Phi) is 3.86. The number of aryl methyl sites for hydroxylation is 1. The van der Waals surface area contributed by atoms with Gasteiger partial charge in [-0.25, -0.2) is 4.98 Å². The number of pyridine rings is 2. The highest BCUT2D eigenvalue weighted by Crippen LogP contribution is 2.34. The molecule has 0 amide bonds. The number of anilines is 1. The molecule has 1 aliphatic rings. The number of H-pyrrole nitrogens is 1. The summed E-state index contributed by atoms with van der Waals surface area (Å²) in [5.41, 5.74) is 4.35. The SMILES string of the molecule is Cc1ccncc1-c1cc(N2CCOCC2)nc2c1ccn2-c1cc[nH]n1. The van der Waals surface area contributed by atoms with Crippen molar-refractivity contribution in [1.29, 1.82) is 0 Å². The topological polar surface area (TPSA) is 71.9 Å². The average molecular weight is 360 g/mol. The molecule has 0 aromatic carbocycles. The van der Waals surface area contributed by atoms with Gasteiger partial charge in [0, 0.05) is 54.9 Å². The molecule has 1 saturated heterocycles. The molecule has 0 unspecified atom stereocenters. The Morgan fingerprint density at radius 3 is 2.74 bits per heavy atom. The lowest BCUT2D eigenvalue weighted by atomic mass is 10.0. The second kappa shape index (κ2) is 6.51. The fourth-order valence-electron chi connectivity index (χ4n) is 3.59. The van der Waals surface area contributed by atoms with Crippen LogP contribution in [0.2, 0.25) is 0 Å². The lowest BCUT2D eigenvalue weighted by Gasteiger charge is -2.28. The van der Waals surface area contributed by atoms with Gasteiger partial charge in [-0.15, -0.1) is 0 Å². The van der Waals surface area contributed by atoms with Gasteiger partial charge >= 0.3 is 0 Å². The van der Waals surface area contributed by atoms with Crippen molar-refractivity contribution < 1.29 is 4.74 Å². The number of rotatable bonds is 3. The fraction of sp³-hybridized carbons (Fsp3) is 0.250. The second-order valence-corrected chi connectivity index (χ2v) is 6.67. The maximum absolute atomic E-state index is 5.51. The number of aromatic nitrogens is 5. The van der Waals surface area contributed by atoms with E-state index in [0.717, 1.165) is 60.1 Å². The van der Waals surface area contributed by atoms with Crippen LogP contribution in [0.25, 0.3) is 28.0 Å². The van der Waals surface area contributed by atoms with Crippen molar-refractivity contribution in [2.24, 2.45) is 0 Å². The molecular formula is C20H20N6O. The largest absolute Gasteiger partial charge is 0.378 e. The summed E-state index contributed by atoms with van der Waals surface area (Å²) in [6.45, 7) is 5.24. The first kappa shape index (κ1) is 16.0. The molecule has 0 atom stereocenters. The molecule has 136 valence electrons.